The van der Waals surface area contributed by atoms with Gasteiger partial charge >= 0.3 is 0 Å². The summed E-state index contributed by atoms with van der Waals surface area (Å²) in [5.41, 5.74) is 19.9. The molecule has 10 rings (SSSR count). The van der Waals surface area contributed by atoms with Gasteiger partial charge in [-0.1, -0.05) is 181 Å². The molecule has 0 bridgehead atoms. The van der Waals surface area contributed by atoms with E-state index in [0.717, 1.165) is 55.5 Å². The second-order valence-corrected chi connectivity index (χ2v) is 17.6. The van der Waals surface area contributed by atoms with E-state index >= 15 is 0 Å². The summed E-state index contributed by atoms with van der Waals surface area (Å²) in [7, 11) is 0. The molecule has 0 fully saturated rings. The van der Waals surface area contributed by atoms with E-state index in [1.807, 2.05) is 18.2 Å². The van der Waals surface area contributed by atoms with Crippen molar-refractivity contribution in [1.29, 1.82) is 0 Å². The molecule has 0 unspecified atom stereocenters. The Hall–Kier alpha value is -7.95. The molecule has 0 atom stereocenters. The van der Waals surface area contributed by atoms with Crippen LogP contribution in [0.5, 0.6) is 0 Å². The van der Waals surface area contributed by atoms with Crippen LogP contribution in [0.2, 0.25) is 0 Å². The first-order valence-electron chi connectivity index (χ1n) is 22.8. The number of nitrogens with zero attached hydrogens (tertiary/aromatic N) is 4. The first kappa shape index (κ1) is 42.0. The van der Waals surface area contributed by atoms with Crippen molar-refractivity contribution in [3.8, 4) is 45.0 Å². The quantitative estimate of drug-likeness (QED) is 0.129. The van der Waals surface area contributed by atoms with Gasteiger partial charge < -0.3 is 0 Å². The summed E-state index contributed by atoms with van der Waals surface area (Å²) in [5, 5.41) is 2.30. The third-order valence-corrected chi connectivity index (χ3v) is 12.9. The van der Waals surface area contributed by atoms with Gasteiger partial charge in [0, 0.05) is 34.0 Å². The lowest BCUT2D eigenvalue weighted by Gasteiger charge is -2.28. The predicted octanol–water partition coefficient (Wildman–Crippen LogP) is 16.2. The lowest BCUT2D eigenvalue weighted by molar-refractivity contribution is 0.919. The fourth-order valence-corrected chi connectivity index (χ4v) is 10.1. The van der Waals surface area contributed by atoms with E-state index in [1.54, 1.807) is 0 Å². The monoisotopic (exact) mass is 852 g/mol. The van der Waals surface area contributed by atoms with Gasteiger partial charge in [0.15, 0.2) is 11.6 Å². The zero-order valence-electron chi connectivity index (χ0n) is 38.4. The van der Waals surface area contributed by atoms with Crippen molar-refractivity contribution in [2.24, 2.45) is 0 Å². The molecule has 0 amide bonds. The Labute approximate surface area is 389 Å². The van der Waals surface area contributed by atoms with Gasteiger partial charge in [0.25, 0.3) is 0 Å². The average molecular weight is 853 g/mol. The Bertz CT molecular complexity index is 3240. The van der Waals surface area contributed by atoms with Crippen LogP contribution in [0.4, 0.5) is 17.3 Å². The Balaban J connectivity index is 1.19. The molecule has 0 spiro atoms. The van der Waals surface area contributed by atoms with Gasteiger partial charge in [-0.2, -0.15) is 9.97 Å². The lowest BCUT2D eigenvalue weighted by atomic mass is 9.77. The largest absolute Gasteiger partial charge is 0.279 e. The number of anilines is 3. The Kier molecular flexibility index (Phi) is 11.4. The summed E-state index contributed by atoms with van der Waals surface area (Å²) in [6, 6.07) is 71.3. The Morgan fingerprint density at radius 3 is 1.39 bits per heavy atom. The molecule has 9 aromatic carbocycles. The van der Waals surface area contributed by atoms with Gasteiger partial charge in [0.2, 0.25) is 5.95 Å². The van der Waals surface area contributed by atoms with Crippen molar-refractivity contribution in [3.05, 3.63) is 250 Å². The van der Waals surface area contributed by atoms with Crippen LogP contribution in [0, 0.1) is 41.5 Å². The third kappa shape index (κ3) is 8.19. The highest BCUT2D eigenvalue weighted by molar-refractivity contribution is 6.03. The second kappa shape index (κ2) is 17.9. The first-order chi connectivity index (χ1) is 32.2. The highest BCUT2D eigenvalue weighted by atomic mass is 15.3. The summed E-state index contributed by atoms with van der Waals surface area (Å²) in [6.07, 6.45) is 0. The molecule has 0 aliphatic heterocycles. The predicted molar refractivity (Wildman–Crippen MR) is 276 cm³/mol. The van der Waals surface area contributed by atoms with E-state index in [1.165, 1.54) is 50.1 Å². The van der Waals surface area contributed by atoms with Crippen LogP contribution in [-0.4, -0.2) is 15.0 Å². The zero-order chi connectivity index (χ0) is 45.3. The second-order valence-electron chi connectivity index (χ2n) is 17.6. The fourth-order valence-electron chi connectivity index (χ4n) is 10.1. The maximum Gasteiger partial charge on any atom is 0.238 e. The number of rotatable bonds is 10. The molecule has 10 aromatic rings. The van der Waals surface area contributed by atoms with Gasteiger partial charge in [0.05, 0.1) is 0 Å². The van der Waals surface area contributed by atoms with E-state index < -0.39 is 0 Å². The van der Waals surface area contributed by atoms with Crippen molar-refractivity contribution < 1.29 is 0 Å². The normalized spacial score (nSPS) is 11.3. The van der Waals surface area contributed by atoms with Crippen LogP contribution in [0.3, 0.4) is 0 Å². The zero-order valence-corrected chi connectivity index (χ0v) is 38.4. The van der Waals surface area contributed by atoms with Crippen LogP contribution < -0.4 is 4.90 Å². The molecule has 320 valence electrons. The highest BCUT2D eigenvalue weighted by Gasteiger charge is 2.27. The van der Waals surface area contributed by atoms with E-state index in [-0.39, 0.29) is 5.92 Å². The molecule has 0 saturated carbocycles. The molecular formula is C62H52N4. The van der Waals surface area contributed by atoms with Crippen molar-refractivity contribution in [3.63, 3.8) is 0 Å². The van der Waals surface area contributed by atoms with Crippen molar-refractivity contribution in [2.75, 3.05) is 4.90 Å². The summed E-state index contributed by atoms with van der Waals surface area (Å²) >= 11 is 0. The Morgan fingerprint density at radius 1 is 0.379 bits per heavy atom. The molecule has 0 saturated heterocycles. The van der Waals surface area contributed by atoms with Crippen molar-refractivity contribution >= 4 is 28.1 Å². The molecule has 0 radical (unpaired) electrons. The van der Waals surface area contributed by atoms with Gasteiger partial charge in [-0.05, 0) is 138 Å². The third-order valence-electron chi connectivity index (χ3n) is 12.9. The number of hydrogen-bond acceptors (Lipinski definition) is 4. The Morgan fingerprint density at radius 2 is 0.833 bits per heavy atom. The maximum absolute atomic E-state index is 5.48. The van der Waals surface area contributed by atoms with Crippen LogP contribution in [-0.2, 0) is 0 Å². The molecule has 1 heterocycles. The van der Waals surface area contributed by atoms with E-state index in [2.05, 4.69) is 228 Å². The van der Waals surface area contributed by atoms with Gasteiger partial charge in [-0.15, -0.1) is 0 Å². The molecule has 4 nitrogen and oxygen atoms in total. The minimum Gasteiger partial charge on any atom is -0.279 e. The van der Waals surface area contributed by atoms with Crippen LogP contribution in [0.25, 0.3) is 55.8 Å². The van der Waals surface area contributed by atoms with Crippen LogP contribution in [0.1, 0.15) is 56.0 Å². The minimum absolute atomic E-state index is 0.0385. The highest BCUT2D eigenvalue weighted by Crippen LogP contribution is 2.43. The minimum atomic E-state index is 0.0385. The van der Waals surface area contributed by atoms with Crippen molar-refractivity contribution in [1.82, 2.24) is 15.0 Å². The molecule has 0 aliphatic carbocycles. The average Bonchev–Trinajstić information content (AvgIpc) is 3.34. The van der Waals surface area contributed by atoms with Crippen LogP contribution >= 0.6 is 0 Å². The SMILES string of the molecule is Cc1cc(C)c(C(c2ccc(N(c3ccc(-c4ccccc4)cc3)c3nc(-c4ccccc4)nc(-c4ccc5ccccc5c4-c4ccccc4)n3)cc2)c2c(C)cc(C)cc2C)c(C)c1. The first-order valence-corrected chi connectivity index (χ1v) is 22.8. The summed E-state index contributed by atoms with van der Waals surface area (Å²) < 4.78 is 0. The number of aryl methyl sites for hydroxylation is 6. The fraction of sp³-hybridized carbons (Fsp3) is 0.113. The van der Waals surface area contributed by atoms with Crippen LogP contribution in [0.15, 0.2) is 200 Å². The lowest BCUT2D eigenvalue weighted by Crippen LogP contribution is -2.16. The van der Waals surface area contributed by atoms with E-state index in [0.29, 0.717) is 17.6 Å². The number of benzene rings is 9. The standard InChI is InChI=1S/C62H52N4/c1-40-36-42(3)56(43(4)37-40)59(57-44(5)38-41(2)39-45(57)6)50-28-33-53(34-29-50)66(52-31-26-47(27-32-52)46-18-10-7-11-19-46)62-64-60(51-23-14-9-15-24-51)63-61(65-62)55-35-30-48-20-16-17-25-54(48)58(55)49-21-12-8-13-22-49/h7-39,59H,1-6H3. The molecular weight excluding hydrogens is 801 g/mol. The molecule has 4 heteroatoms. The van der Waals surface area contributed by atoms with Gasteiger partial charge in [0.1, 0.15) is 0 Å². The summed E-state index contributed by atoms with van der Waals surface area (Å²) in [5.74, 6) is 1.76. The number of hydrogen-bond donors (Lipinski definition) is 0. The van der Waals surface area contributed by atoms with Gasteiger partial charge in [-0.3, -0.25) is 4.90 Å². The van der Waals surface area contributed by atoms with Gasteiger partial charge in [-0.25, -0.2) is 4.98 Å². The molecule has 0 aliphatic rings. The van der Waals surface area contributed by atoms with E-state index in [9.17, 15) is 0 Å². The van der Waals surface area contributed by atoms with Crippen molar-refractivity contribution in [2.45, 2.75) is 47.5 Å². The molecule has 1 aromatic heterocycles. The number of fused-ring (bicyclic) bond motifs is 1. The van der Waals surface area contributed by atoms with E-state index in [4.69, 9.17) is 15.0 Å². The smallest absolute Gasteiger partial charge is 0.238 e. The molecule has 0 N–H and O–H groups in total. The summed E-state index contributed by atoms with van der Waals surface area (Å²) in [6.45, 7) is 13.4. The molecule has 66 heavy (non-hydrogen) atoms. The number of aromatic nitrogens is 3. The topological polar surface area (TPSA) is 41.9 Å². The summed E-state index contributed by atoms with van der Waals surface area (Å²) in [4.78, 5) is 18.3. The maximum atomic E-state index is 5.48.